The molecule has 0 bridgehead atoms. The Morgan fingerprint density at radius 2 is 1.41 bits per heavy atom. The monoisotopic (exact) mass is 464 g/mol. The molecule has 0 aliphatic heterocycles. The van der Waals surface area contributed by atoms with E-state index >= 15 is 0 Å². The molecule has 2 rings (SSSR count). The van der Waals surface area contributed by atoms with Gasteiger partial charge in [-0.05, 0) is 41.8 Å². The van der Waals surface area contributed by atoms with Gasteiger partial charge in [-0.15, -0.1) is 11.6 Å². The predicted molar refractivity (Wildman–Crippen MR) is 129 cm³/mol. The number of rotatable bonds is 15. The standard InChI is InChI=1S/C26H37ClO5/c1-5-6-15-30-18-25(29-4)19-32-24-13-9-21(10-14-24)26(2,3)20-7-11-23(12-8-20)31-17-22(28)16-27/h7-14,22,25,28H,5-6,15-19H2,1-4H3. The number of hydrogen-bond acceptors (Lipinski definition) is 5. The lowest BCUT2D eigenvalue weighted by atomic mass is 9.78. The van der Waals surface area contributed by atoms with Crippen LogP contribution in [0.1, 0.15) is 44.7 Å². The molecule has 2 aromatic rings. The van der Waals surface area contributed by atoms with Crippen LogP contribution in [0.25, 0.3) is 0 Å². The van der Waals surface area contributed by atoms with E-state index in [9.17, 15) is 5.11 Å². The molecule has 0 amide bonds. The predicted octanol–water partition coefficient (Wildman–Crippen LogP) is 5.20. The molecular weight excluding hydrogens is 428 g/mol. The molecule has 1 N–H and O–H groups in total. The fourth-order valence-corrected chi connectivity index (χ4v) is 3.26. The van der Waals surface area contributed by atoms with Crippen molar-refractivity contribution in [3.63, 3.8) is 0 Å². The normalized spacial score (nSPS) is 13.6. The highest BCUT2D eigenvalue weighted by atomic mass is 35.5. The third kappa shape index (κ3) is 8.28. The number of hydrogen-bond donors (Lipinski definition) is 1. The molecule has 0 saturated heterocycles. The maximum absolute atomic E-state index is 9.53. The Balaban J connectivity index is 1.92. The van der Waals surface area contributed by atoms with Crippen molar-refractivity contribution in [2.24, 2.45) is 0 Å². The summed E-state index contributed by atoms with van der Waals surface area (Å²) in [7, 11) is 1.68. The van der Waals surface area contributed by atoms with Crippen LogP contribution < -0.4 is 9.47 Å². The topological polar surface area (TPSA) is 57.2 Å². The lowest BCUT2D eigenvalue weighted by Crippen LogP contribution is -2.26. The Morgan fingerprint density at radius 3 is 1.88 bits per heavy atom. The van der Waals surface area contributed by atoms with Gasteiger partial charge in [-0.1, -0.05) is 51.5 Å². The zero-order valence-corrected chi connectivity index (χ0v) is 20.4. The summed E-state index contributed by atoms with van der Waals surface area (Å²) in [5, 5.41) is 9.53. The second kappa shape index (κ2) is 13.7. The molecule has 0 radical (unpaired) electrons. The summed E-state index contributed by atoms with van der Waals surface area (Å²) in [6.07, 6.45) is 1.42. The average molecular weight is 465 g/mol. The summed E-state index contributed by atoms with van der Waals surface area (Å²) in [4.78, 5) is 0. The van der Waals surface area contributed by atoms with Crippen LogP contribution in [0.5, 0.6) is 11.5 Å². The van der Waals surface area contributed by atoms with Gasteiger partial charge in [0.15, 0.2) is 0 Å². The zero-order valence-electron chi connectivity index (χ0n) is 19.7. The van der Waals surface area contributed by atoms with Gasteiger partial charge in [-0.3, -0.25) is 0 Å². The molecule has 0 fully saturated rings. The van der Waals surface area contributed by atoms with Crippen molar-refractivity contribution in [2.75, 3.05) is 39.4 Å². The summed E-state index contributed by atoms with van der Waals surface area (Å²) >= 11 is 5.60. The molecule has 6 heteroatoms. The number of unbranched alkanes of at least 4 members (excludes halogenated alkanes) is 1. The maximum atomic E-state index is 9.53. The van der Waals surface area contributed by atoms with Gasteiger partial charge >= 0.3 is 0 Å². The van der Waals surface area contributed by atoms with E-state index in [0.717, 1.165) is 25.2 Å². The molecule has 32 heavy (non-hydrogen) atoms. The number of alkyl halides is 1. The lowest BCUT2D eigenvalue weighted by Gasteiger charge is -2.26. The second-order valence-electron chi connectivity index (χ2n) is 8.39. The summed E-state index contributed by atoms with van der Waals surface area (Å²) in [5.74, 6) is 1.68. The minimum atomic E-state index is -0.665. The molecule has 178 valence electrons. The van der Waals surface area contributed by atoms with E-state index in [0.29, 0.717) is 19.0 Å². The van der Waals surface area contributed by atoms with Gasteiger partial charge in [-0.25, -0.2) is 0 Å². The van der Waals surface area contributed by atoms with Gasteiger partial charge in [-0.2, -0.15) is 0 Å². The summed E-state index contributed by atoms with van der Waals surface area (Å²) in [5.41, 5.74) is 2.16. The third-order valence-electron chi connectivity index (χ3n) is 5.49. The summed E-state index contributed by atoms with van der Waals surface area (Å²) in [6, 6.07) is 16.1. The number of halogens is 1. The van der Waals surface area contributed by atoms with Gasteiger partial charge < -0.3 is 24.1 Å². The van der Waals surface area contributed by atoms with E-state index in [1.807, 2.05) is 24.3 Å². The van der Waals surface area contributed by atoms with E-state index < -0.39 is 6.10 Å². The Bertz CT molecular complexity index is 761. The van der Waals surface area contributed by atoms with Gasteiger partial charge in [0.2, 0.25) is 0 Å². The first-order valence-corrected chi connectivity index (χ1v) is 11.7. The minimum absolute atomic E-state index is 0.0887. The fourth-order valence-electron chi connectivity index (χ4n) is 3.17. The first kappa shape index (κ1) is 26.5. The van der Waals surface area contributed by atoms with Gasteiger partial charge in [0.1, 0.15) is 36.9 Å². The van der Waals surface area contributed by atoms with Gasteiger partial charge in [0.25, 0.3) is 0 Å². The highest BCUT2D eigenvalue weighted by Gasteiger charge is 2.23. The molecular formula is C26H37ClO5. The number of aliphatic hydroxyl groups is 1. The van der Waals surface area contributed by atoms with Crippen LogP contribution in [0.15, 0.2) is 48.5 Å². The molecule has 0 saturated carbocycles. The molecule has 0 aromatic heterocycles. The molecule has 2 unspecified atom stereocenters. The van der Waals surface area contributed by atoms with E-state index in [2.05, 4.69) is 45.0 Å². The number of benzene rings is 2. The lowest BCUT2D eigenvalue weighted by molar-refractivity contribution is -0.0149. The minimum Gasteiger partial charge on any atom is -0.491 e. The first-order chi connectivity index (χ1) is 15.4. The van der Waals surface area contributed by atoms with Gasteiger partial charge in [0.05, 0.1) is 12.5 Å². The van der Waals surface area contributed by atoms with Crippen molar-refractivity contribution in [1.29, 1.82) is 0 Å². The maximum Gasteiger partial charge on any atom is 0.119 e. The van der Waals surface area contributed by atoms with Crippen molar-refractivity contribution >= 4 is 11.6 Å². The molecule has 2 atom stereocenters. The number of ether oxygens (including phenoxy) is 4. The highest BCUT2D eigenvalue weighted by molar-refractivity contribution is 6.18. The Morgan fingerprint density at radius 1 is 0.875 bits per heavy atom. The van der Waals surface area contributed by atoms with Crippen LogP contribution in [-0.4, -0.2) is 56.7 Å². The highest BCUT2D eigenvalue weighted by Crippen LogP contribution is 2.33. The van der Waals surface area contributed by atoms with Crippen LogP contribution in [0, 0.1) is 0 Å². The van der Waals surface area contributed by atoms with Crippen molar-refractivity contribution in [1.82, 2.24) is 0 Å². The molecule has 0 heterocycles. The SMILES string of the molecule is CCCCOCC(COc1ccc(C(C)(C)c2ccc(OCC(O)CCl)cc2)cc1)OC. The van der Waals surface area contributed by atoms with E-state index in [4.69, 9.17) is 30.5 Å². The third-order valence-corrected chi connectivity index (χ3v) is 5.84. The Kier molecular flexibility index (Phi) is 11.3. The number of methoxy groups -OCH3 is 1. The molecule has 0 aliphatic rings. The summed E-state index contributed by atoms with van der Waals surface area (Å²) < 4.78 is 22.6. The Labute approximate surface area is 197 Å². The van der Waals surface area contributed by atoms with E-state index in [-0.39, 0.29) is 24.0 Å². The van der Waals surface area contributed by atoms with Crippen molar-refractivity contribution in [3.8, 4) is 11.5 Å². The smallest absolute Gasteiger partial charge is 0.119 e. The first-order valence-electron chi connectivity index (χ1n) is 11.2. The van der Waals surface area contributed by atoms with E-state index in [1.165, 1.54) is 11.1 Å². The number of aliphatic hydroxyl groups excluding tert-OH is 1. The van der Waals surface area contributed by atoms with Crippen molar-refractivity contribution < 1.29 is 24.1 Å². The average Bonchev–Trinajstić information content (AvgIpc) is 2.82. The van der Waals surface area contributed by atoms with Crippen LogP contribution in [-0.2, 0) is 14.9 Å². The molecule has 2 aromatic carbocycles. The van der Waals surface area contributed by atoms with Crippen LogP contribution in [0.3, 0.4) is 0 Å². The van der Waals surface area contributed by atoms with Crippen molar-refractivity contribution in [3.05, 3.63) is 59.7 Å². The molecule has 5 nitrogen and oxygen atoms in total. The van der Waals surface area contributed by atoms with Crippen LogP contribution >= 0.6 is 11.6 Å². The fraction of sp³-hybridized carbons (Fsp3) is 0.538. The van der Waals surface area contributed by atoms with Crippen LogP contribution in [0.4, 0.5) is 0 Å². The molecule has 0 spiro atoms. The van der Waals surface area contributed by atoms with E-state index in [1.54, 1.807) is 7.11 Å². The van der Waals surface area contributed by atoms with Gasteiger partial charge in [0, 0.05) is 19.1 Å². The summed E-state index contributed by atoms with van der Waals surface area (Å²) in [6.45, 7) is 8.43. The Hall–Kier alpha value is -1.79. The van der Waals surface area contributed by atoms with Crippen molar-refractivity contribution in [2.45, 2.75) is 51.2 Å². The van der Waals surface area contributed by atoms with Crippen LogP contribution in [0.2, 0.25) is 0 Å². The largest absolute Gasteiger partial charge is 0.491 e. The quantitative estimate of drug-likeness (QED) is 0.290. The second-order valence-corrected chi connectivity index (χ2v) is 8.70. The molecule has 0 aliphatic carbocycles. The zero-order chi connectivity index (χ0) is 23.4.